The van der Waals surface area contributed by atoms with Crippen LogP contribution in [0.5, 0.6) is 0 Å². The smallest absolute Gasteiger partial charge is 0.239 e. The minimum absolute atomic E-state index is 0.0461. The number of nitrogens with two attached hydrogens (primary N) is 5. The molecule has 16 nitrogen and oxygen atoms in total. The molecule has 0 saturated heterocycles. The van der Waals surface area contributed by atoms with Gasteiger partial charge in [-0.05, 0) is 56.7 Å². The Labute approximate surface area is 316 Å². The molecule has 1 aromatic carbocycles. The number of hydrogen-bond acceptors (Lipinski definition) is 13. The number of unbranched alkanes of at least 4 members (excludes halogenated alkanes) is 8. The Kier molecular flexibility index (Phi) is 25.3. The minimum Gasteiger partial charge on any atom is -0.384 e. The number of hydrogen-bond donors (Lipinski definition) is 12. The van der Waals surface area contributed by atoms with Gasteiger partial charge in [-0.25, -0.2) is 10.9 Å². The molecule has 0 aliphatic rings. The highest BCUT2D eigenvalue weighted by molar-refractivity contribution is 6.39. The lowest BCUT2D eigenvalue weighted by atomic mass is 9.97. The van der Waals surface area contributed by atoms with E-state index in [0.29, 0.717) is 44.3 Å². The molecule has 0 spiro atoms. The number of nitrogens with one attached hydrogen (secondary N) is 7. The maximum Gasteiger partial charge on any atom is 0.239 e. The fourth-order valence-electron chi connectivity index (χ4n) is 5.70. The van der Waals surface area contributed by atoms with Crippen molar-refractivity contribution in [2.45, 2.75) is 148 Å². The van der Waals surface area contributed by atoms with E-state index in [1.54, 1.807) is 24.3 Å². The fourth-order valence-corrected chi connectivity index (χ4v) is 5.70. The van der Waals surface area contributed by atoms with Crippen molar-refractivity contribution in [3.05, 3.63) is 35.4 Å². The highest BCUT2D eigenvalue weighted by Crippen LogP contribution is 2.12. The first-order chi connectivity index (χ1) is 25.3. The molecule has 0 aromatic heterocycles. The third-order valence-corrected chi connectivity index (χ3v) is 8.92. The number of amides is 2. The first-order valence-electron chi connectivity index (χ1n) is 19.3. The van der Waals surface area contributed by atoms with Crippen molar-refractivity contribution in [1.29, 1.82) is 5.41 Å². The van der Waals surface area contributed by atoms with Crippen LogP contribution in [0.15, 0.2) is 24.3 Å². The molecule has 3 atom stereocenters. The van der Waals surface area contributed by atoms with Crippen molar-refractivity contribution in [1.82, 2.24) is 32.1 Å². The maximum atomic E-state index is 13.7. The Balaban J connectivity index is 2.92. The van der Waals surface area contributed by atoms with Gasteiger partial charge in [0, 0.05) is 18.5 Å². The Morgan fingerprint density at radius 2 is 1.23 bits per heavy atom. The molecule has 0 unspecified atom stereocenters. The van der Waals surface area contributed by atoms with Gasteiger partial charge in [0.05, 0.1) is 12.1 Å². The van der Waals surface area contributed by atoms with E-state index in [4.69, 9.17) is 34.1 Å². The van der Waals surface area contributed by atoms with E-state index >= 15 is 0 Å². The second-order valence-electron chi connectivity index (χ2n) is 14.1. The van der Waals surface area contributed by atoms with Crippen LogP contribution in [-0.4, -0.2) is 73.0 Å². The predicted molar refractivity (Wildman–Crippen MR) is 211 cm³/mol. The molecule has 0 radical (unpaired) electrons. The van der Waals surface area contributed by atoms with Crippen molar-refractivity contribution in [2.75, 3.05) is 13.1 Å². The molecule has 17 N–H and O–H groups in total. The van der Waals surface area contributed by atoms with Gasteiger partial charge in [-0.1, -0.05) is 96.4 Å². The van der Waals surface area contributed by atoms with Gasteiger partial charge in [-0.15, -0.1) is 0 Å². The molecule has 302 valence electrons. The van der Waals surface area contributed by atoms with Crippen molar-refractivity contribution >= 4 is 29.2 Å². The number of ketones is 2. The van der Waals surface area contributed by atoms with Gasteiger partial charge in [0.2, 0.25) is 23.4 Å². The van der Waals surface area contributed by atoms with Crippen LogP contribution in [-0.2, 0) is 25.7 Å². The van der Waals surface area contributed by atoms with Gasteiger partial charge in [0.15, 0.2) is 0 Å². The topological polar surface area (TPSA) is 294 Å². The number of amidine groups is 1. The lowest BCUT2D eigenvalue weighted by Gasteiger charge is -2.28. The van der Waals surface area contributed by atoms with E-state index in [9.17, 15) is 19.2 Å². The summed E-state index contributed by atoms with van der Waals surface area (Å²) in [7, 11) is 0. The van der Waals surface area contributed by atoms with Crippen LogP contribution in [0.4, 0.5) is 0 Å². The molecule has 53 heavy (non-hydrogen) atoms. The van der Waals surface area contributed by atoms with Gasteiger partial charge < -0.3 is 39.3 Å². The van der Waals surface area contributed by atoms with Crippen molar-refractivity contribution < 1.29 is 19.2 Å². The summed E-state index contributed by atoms with van der Waals surface area (Å²) >= 11 is 0. The number of nitrogen functional groups attached to an aromatic ring is 1. The van der Waals surface area contributed by atoms with Gasteiger partial charge in [0.1, 0.15) is 24.5 Å². The highest BCUT2D eigenvalue weighted by atomic mass is 16.2. The van der Waals surface area contributed by atoms with Crippen molar-refractivity contribution in [3.63, 3.8) is 0 Å². The lowest BCUT2D eigenvalue weighted by molar-refractivity contribution is -0.139. The molecule has 0 bridgehead atoms. The quantitative estimate of drug-likeness (QED) is 0.0121. The molecule has 0 heterocycles. The molecule has 2 amide bonds. The summed E-state index contributed by atoms with van der Waals surface area (Å²) in [4.78, 5) is 53.5. The van der Waals surface area contributed by atoms with E-state index < -0.39 is 48.2 Å². The minimum atomic E-state index is -1.02. The van der Waals surface area contributed by atoms with Gasteiger partial charge in [0.25, 0.3) is 0 Å². The molecule has 0 aliphatic heterocycles. The normalized spacial score (nSPS) is 13.2. The second-order valence-corrected chi connectivity index (χ2v) is 14.1. The van der Waals surface area contributed by atoms with E-state index in [1.165, 1.54) is 32.1 Å². The molecule has 0 aliphatic carbocycles. The van der Waals surface area contributed by atoms with Crippen LogP contribution in [0.2, 0.25) is 0 Å². The average Bonchev–Trinajstić information content (AvgIpc) is 3.11. The lowest BCUT2D eigenvalue weighted by Crippen LogP contribution is -2.60. The van der Waals surface area contributed by atoms with Crippen molar-refractivity contribution in [2.24, 2.45) is 34.6 Å². The largest absolute Gasteiger partial charge is 0.384 e. The fraction of sp³-hybridized carbons (Fsp3) is 0.703. The summed E-state index contributed by atoms with van der Waals surface area (Å²) in [6, 6.07) is 4.36. The first-order valence-corrected chi connectivity index (χ1v) is 19.3. The standard InChI is InChI=1S/C37H70N12O4/c1-4-5-6-7-8-9-10-11-12-17-30(50)32(51)28(15-13-22-44-36(40)41)47-35(53)31(25(2)3)49-48-29(16-14-23-45-37(42)43)34(52)46-24-26-18-20-27(21-19-26)33(38)39/h18-21,25,28-29,31,36-37,44-45,48-49H,4-17,22-24,40-43H2,1-3H3,(H3,38,39)(H,46,52)(H,47,53)/t28-,29-,31-/m0/s1. The number of carbonyl (C=O) groups is 4. The summed E-state index contributed by atoms with van der Waals surface area (Å²) in [6.45, 7) is 6.97. The Bertz CT molecular complexity index is 1210. The zero-order chi connectivity index (χ0) is 39.6. The first kappa shape index (κ1) is 47.7. The number of hydrazine groups is 1. The predicted octanol–water partition coefficient (Wildman–Crippen LogP) is 0.760. The summed E-state index contributed by atoms with van der Waals surface area (Å²) in [6.07, 6.45) is 10.1. The van der Waals surface area contributed by atoms with Crippen LogP contribution in [0.3, 0.4) is 0 Å². The number of rotatable bonds is 32. The monoisotopic (exact) mass is 747 g/mol. The van der Waals surface area contributed by atoms with Crippen molar-refractivity contribution in [3.8, 4) is 0 Å². The molecular formula is C37H70N12O4. The molecule has 16 heteroatoms. The van der Waals surface area contributed by atoms with Crippen LogP contribution in [0.25, 0.3) is 0 Å². The SMILES string of the molecule is CCCCCCCCCCCC(=O)C(=O)[C@H](CCCNC(N)N)NC(=O)[C@@H](NN[C@@H](CCCNC(N)N)C(=O)NCc1ccc(C(=N)N)cc1)C(C)C. The van der Waals surface area contributed by atoms with Crippen LogP contribution in [0.1, 0.15) is 122 Å². The molecule has 1 aromatic rings. The third-order valence-electron chi connectivity index (χ3n) is 8.92. The maximum absolute atomic E-state index is 13.7. The van der Waals surface area contributed by atoms with E-state index in [-0.39, 0.29) is 37.0 Å². The van der Waals surface area contributed by atoms with Crippen LogP contribution < -0.4 is 60.8 Å². The number of Topliss-reactive ketones (excluding diaryl/α,β-unsaturated/α-hetero) is 2. The second kappa shape index (κ2) is 28.1. The number of benzene rings is 1. The molecule has 0 fully saturated rings. The zero-order valence-corrected chi connectivity index (χ0v) is 32.3. The van der Waals surface area contributed by atoms with E-state index in [0.717, 1.165) is 24.8 Å². The van der Waals surface area contributed by atoms with Crippen LogP contribution in [0, 0.1) is 11.3 Å². The van der Waals surface area contributed by atoms with Crippen LogP contribution >= 0.6 is 0 Å². The highest BCUT2D eigenvalue weighted by Gasteiger charge is 2.31. The molecule has 1 rings (SSSR count). The van der Waals surface area contributed by atoms with Gasteiger partial charge >= 0.3 is 0 Å². The summed E-state index contributed by atoms with van der Waals surface area (Å²) in [5, 5.41) is 19.1. The van der Waals surface area contributed by atoms with Gasteiger partial charge in [-0.3, -0.25) is 35.2 Å². The van der Waals surface area contributed by atoms with E-state index in [1.807, 2.05) is 13.8 Å². The zero-order valence-electron chi connectivity index (χ0n) is 32.3. The Morgan fingerprint density at radius 1 is 0.698 bits per heavy atom. The Morgan fingerprint density at radius 3 is 1.74 bits per heavy atom. The van der Waals surface area contributed by atoms with Gasteiger partial charge in [-0.2, -0.15) is 0 Å². The summed E-state index contributed by atoms with van der Waals surface area (Å²) in [5.41, 5.74) is 35.4. The number of carbonyl (C=O) groups excluding carboxylic acids is 4. The molecular weight excluding hydrogens is 676 g/mol. The summed E-state index contributed by atoms with van der Waals surface area (Å²) < 4.78 is 0. The third kappa shape index (κ3) is 21.8. The van der Waals surface area contributed by atoms with E-state index in [2.05, 4.69) is 39.0 Å². The average molecular weight is 747 g/mol. The molecule has 0 saturated carbocycles. The Hall–Kier alpha value is -3.35. The summed E-state index contributed by atoms with van der Waals surface area (Å²) in [5.74, 6) is -2.21.